The van der Waals surface area contributed by atoms with E-state index in [0.717, 1.165) is 11.3 Å². The summed E-state index contributed by atoms with van der Waals surface area (Å²) in [5.41, 5.74) is 2.31. The summed E-state index contributed by atoms with van der Waals surface area (Å²) in [5.74, 6) is 1.07. The summed E-state index contributed by atoms with van der Waals surface area (Å²) in [6.07, 6.45) is 0. The Kier molecular flexibility index (Phi) is 5.71. The highest BCUT2D eigenvalue weighted by Crippen LogP contribution is 2.29. The molecular formula is C17H19ClN2O3. The molecule has 0 radical (unpaired) electrons. The van der Waals surface area contributed by atoms with Crippen molar-refractivity contribution in [2.75, 3.05) is 31.4 Å². The van der Waals surface area contributed by atoms with Gasteiger partial charge in [-0.1, -0.05) is 17.7 Å². The first kappa shape index (κ1) is 17.0. The third-order valence-electron chi connectivity index (χ3n) is 3.38. The lowest BCUT2D eigenvalue weighted by Crippen LogP contribution is -2.22. The summed E-state index contributed by atoms with van der Waals surface area (Å²) in [4.78, 5) is 12.1. The van der Waals surface area contributed by atoms with Gasteiger partial charge in [0.15, 0.2) is 11.5 Å². The van der Waals surface area contributed by atoms with E-state index in [2.05, 4.69) is 10.6 Å². The van der Waals surface area contributed by atoms with Crippen molar-refractivity contribution in [2.24, 2.45) is 0 Å². The van der Waals surface area contributed by atoms with Gasteiger partial charge in [-0.05, 0) is 36.8 Å². The normalized spacial score (nSPS) is 10.1. The highest BCUT2D eigenvalue weighted by Gasteiger charge is 2.08. The maximum Gasteiger partial charge on any atom is 0.243 e. The Morgan fingerprint density at radius 2 is 1.87 bits per heavy atom. The first-order valence-electron chi connectivity index (χ1n) is 7.06. The Labute approximate surface area is 140 Å². The van der Waals surface area contributed by atoms with E-state index in [4.69, 9.17) is 21.1 Å². The fourth-order valence-electron chi connectivity index (χ4n) is 2.07. The van der Waals surface area contributed by atoms with Crippen LogP contribution in [0, 0.1) is 6.92 Å². The lowest BCUT2D eigenvalue weighted by Gasteiger charge is -2.12. The van der Waals surface area contributed by atoms with Gasteiger partial charge >= 0.3 is 0 Å². The van der Waals surface area contributed by atoms with E-state index in [9.17, 15) is 4.79 Å². The monoisotopic (exact) mass is 334 g/mol. The van der Waals surface area contributed by atoms with Crippen molar-refractivity contribution in [3.63, 3.8) is 0 Å². The summed E-state index contributed by atoms with van der Waals surface area (Å²) < 4.78 is 10.4. The number of hydrogen-bond acceptors (Lipinski definition) is 4. The SMILES string of the molecule is COc1ccc(NCC(=O)Nc2cccc(Cl)c2C)cc1OC. The van der Waals surface area contributed by atoms with Crippen LogP contribution < -0.4 is 20.1 Å². The number of carbonyl (C=O) groups is 1. The predicted molar refractivity (Wildman–Crippen MR) is 92.9 cm³/mol. The lowest BCUT2D eigenvalue weighted by atomic mass is 10.2. The van der Waals surface area contributed by atoms with Gasteiger partial charge < -0.3 is 20.1 Å². The molecule has 23 heavy (non-hydrogen) atoms. The molecule has 6 heteroatoms. The van der Waals surface area contributed by atoms with Crippen molar-refractivity contribution >= 4 is 28.9 Å². The summed E-state index contributed by atoms with van der Waals surface area (Å²) in [6.45, 7) is 1.99. The van der Waals surface area contributed by atoms with Gasteiger partial charge in [-0.25, -0.2) is 0 Å². The second kappa shape index (κ2) is 7.74. The number of methoxy groups -OCH3 is 2. The molecule has 1 amide bonds. The van der Waals surface area contributed by atoms with Gasteiger partial charge in [0.1, 0.15) is 0 Å². The van der Waals surface area contributed by atoms with E-state index in [1.807, 2.05) is 19.1 Å². The highest BCUT2D eigenvalue weighted by atomic mass is 35.5. The molecule has 0 saturated carbocycles. The largest absolute Gasteiger partial charge is 0.493 e. The van der Waals surface area contributed by atoms with Crippen molar-refractivity contribution in [1.29, 1.82) is 0 Å². The highest BCUT2D eigenvalue weighted by molar-refractivity contribution is 6.31. The Morgan fingerprint density at radius 3 is 2.57 bits per heavy atom. The molecule has 0 unspecified atom stereocenters. The number of benzene rings is 2. The summed E-state index contributed by atoms with van der Waals surface area (Å²) in [5, 5.41) is 6.50. The van der Waals surface area contributed by atoms with Gasteiger partial charge in [0.05, 0.1) is 20.8 Å². The van der Waals surface area contributed by atoms with Gasteiger partial charge in [0.25, 0.3) is 0 Å². The van der Waals surface area contributed by atoms with Crippen molar-refractivity contribution < 1.29 is 14.3 Å². The third kappa shape index (κ3) is 4.29. The topological polar surface area (TPSA) is 59.6 Å². The molecule has 0 bridgehead atoms. The van der Waals surface area contributed by atoms with Gasteiger partial charge in [-0.2, -0.15) is 0 Å². The van der Waals surface area contributed by atoms with Crippen molar-refractivity contribution in [3.05, 3.63) is 47.0 Å². The number of anilines is 2. The van der Waals surface area contributed by atoms with Crippen LogP contribution in [0.15, 0.2) is 36.4 Å². The number of nitrogens with one attached hydrogen (secondary N) is 2. The van der Waals surface area contributed by atoms with Gasteiger partial charge in [-0.15, -0.1) is 0 Å². The second-order valence-corrected chi connectivity index (χ2v) is 5.29. The molecule has 2 aromatic rings. The minimum absolute atomic E-state index is 0.126. The minimum atomic E-state index is -0.162. The molecule has 0 aliphatic heterocycles. The Morgan fingerprint density at radius 1 is 1.13 bits per heavy atom. The molecule has 0 fully saturated rings. The first-order valence-corrected chi connectivity index (χ1v) is 7.43. The van der Waals surface area contributed by atoms with E-state index < -0.39 is 0 Å². The zero-order valence-electron chi connectivity index (χ0n) is 13.3. The first-order chi connectivity index (χ1) is 11.0. The molecule has 2 rings (SSSR count). The number of carbonyl (C=O) groups excluding carboxylic acids is 1. The third-order valence-corrected chi connectivity index (χ3v) is 3.79. The molecule has 0 atom stereocenters. The lowest BCUT2D eigenvalue weighted by molar-refractivity contribution is -0.114. The average Bonchev–Trinajstić information content (AvgIpc) is 2.56. The van der Waals surface area contributed by atoms with Gasteiger partial charge in [0.2, 0.25) is 5.91 Å². The molecule has 2 N–H and O–H groups in total. The fraction of sp³-hybridized carbons (Fsp3) is 0.235. The van der Waals surface area contributed by atoms with Crippen LogP contribution in [-0.2, 0) is 4.79 Å². The summed E-state index contributed by atoms with van der Waals surface area (Å²) >= 11 is 6.04. The van der Waals surface area contributed by atoms with Crippen LogP contribution >= 0.6 is 11.6 Å². The van der Waals surface area contributed by atoms with Crippen LogP contribution in [0.25, 0.3) is 0 Å². The van der Waals surface area contributed by atoms with Crippen LogP contribution in [0.1, 0.15) is 5.56 Å². The molecule has 0 aromatic heterocycles. The van der Waals surface area contributed by atoms with Crippen LogP contribution in [0.5, 0.6) is 11.5 Å². The van der Waals surface area contributed by atoms with Crippen LogP contribution in [0.2, 0.25) is 5.02 Å². The predicted octanol–water partition coefficient (Wildman–Crippen LogP) is 3.72. The molecule has 2 aromatic carbocycles. The summed E-state index contributed by atoms with van der Waals surface area (Å²) in [7, 11) is 3.14. The molecule has 0 heterocycles. The van der Waals surface area contributed by atoms with Crippen molar-refractivity contribution in [1.82, 2.24) is 0 Å². The summed E-state index contributed by atoms with van der Waals surface area (Å²) in [6, 6.07) is 10.8. The van der Waals surface area contributed by atoms with E-state index in [0.29, 0.717) is 22.2 Å². The van der Waals surface area contributed by atoms with Crippen LogP contribution in [0.4, 0.5) is 11.4 Å². The second-order valence-electron chi connectivity index (χ2n) is 4.88. The zero-order valence-corrected chi connectivity index (χ0v) is 14.0. The van der Waals surface area contributed by atoms with E-state index >= 15 is 0 Å². The van der Waals surface area contributed by atoms with Crippen molar-refractivity contribution in [2.45, 2.75) is 6.92 Å². The van der Waals surface area contributed by atoms with Crippen LogP contribution in [0.3, 0.4) is 0 Å². The Bertz CT molecular complexity index is 704. The molecule has 0 aliphatic rings. The fourth-order valence-corrected chi connectivity index (χ4v) is 2.24. The molecule has 0 aliphatic carbocycles. The average molecular weight is 335 g/mol. The van der Waals surface area contributed by atoms with Crippen molar-refractivity contribution in [3.8, 4) is 11.5 Å². The quantitative estimate of drug-likeness (QED) is 0.845. The minimum Gasteiger partial charge on any atom is -0.493 e. The van der Waals surface area contributed by atoms with E-state index in [1.165, 1.54) is 0 Å². The maximum atomic E-state index is 12.1. The standard InChI is InChI=1S/C17H19ClN2O3/c1-11-13(18)5-4-6-14(11)20-17(21)10-19-12-7-8-15(22-2)16(9-12)23-3/h4-9,19H,10H2,1-3H3,(H,20,21). The Hall–Kier alpha value is -2.40. The smallest absolute Gasteiger partial charge is 0.243 e. The number of hydrogen-bond donors (Lipinski definition) is 2. The number of halogens is 1. The van der Waals surface area contributed by atoms with E-state index in [1.54, 1.807) is 38.5 Å². The van der Waals surface area contributed by atoms with E-state index in [-0.39, 0.29) is 12.5 Å². The Balaban J connectivity index is 1.98. The molecule has 122 valence electrons. The van der Waals surface area contributed by atoms with Crippen LogP contribution in [-0.4, -0.2) is 26.7 Å². The molecule has 5 nitrogen and oxygen atoms in total. The van der Waals surface area contributed by atoms with Gasteiger partial charge in [-0.3, -0.25) is 4.79 Å². The van der Waals surface area contributed by atoms with Gasteiger partial charge in [0, 0.05) is 22.5 Å². The zero-order chi connectivity index (χ0) is 16.8. The molecular weight excluding hydrogens is 316 g/mol. The molecule has 0 spiro atoms. The number of ether oxygens (including phenoxy) is 2. The number of rotatable bonds is 6. The number of amides is 1. The maximum absolute atomic E-state index is 12.1. The molecule has 0 saturated heterocycles.